The number of piperidine rings is 1. The molecule has 1 saturated heterocycles. The number of urea groups is 1. The van der Waals surface area contributed by atoms with E-state index in [0.717, 1.165) is 38.2 Å². The summed E-state index contributed by atoms with van der Waals surface area (Å²) in [4.78, 5) is 18.8. The van der Waals surface area contributed by atoms with Gasteiger partial charge in [0.15, 0.2) is 0 Å². The summed E-state index contributed by atoms with van der Waals surface area (Å²) in [6.45, 7) is 2.78. The molecule has 0 radical (unpaired) electrons. The molecular weight excluding hydrogens is 324 g/mol. The van der Waals surface area contributed by atoms with E-state index in [4.69, 9.17) is 11.6 Å². The molecule has 0 spiro atoms. The number of pyridine rings is 1. The molecule has 2 amide bonds. The summed E-state index contributed by atoms with van der Waals surface area (Å²) in [5, 5.41) is 6.47. The van der Waals surface area contributed by atoms with Gasteiger partial charge in [0, 0.05) is 42.6 Å². The van der Waals surface area contributed by atoms with Crippen molar-refractivity contribution < 1.29 is 4.79 Å². The second-order valence-corrected chi connectivity index (χ2v) is 6.42. The van der Waals surface area contributed by atoms with Gasteiger partial charge in [-0.2, -0.15) is 0 Å². The van der Waals surface area contributed by atoms with E-state index in [1.165, 1.54) is 0 Å². The lowest BCUT2D eigenvalue weighted by molar-refractivity contribution is 0.188. The number of rotatable bonds is 4. The van der Waals surface area contributed by atoms with Crippen molar-refractivity contribution in [3.8, 4) is 0 Å². The highest BCUT2D eigenvalue weighted by Crippen LogP contribution is 2.16. The second kappa shape index (κ2) is 8.13. The first-order valence-corrected chi connectivity index (χ1v) is 8.52. The molecule has 1 aliphatic rings. The zero-order chi connectivity index (χ0) is 16.8. The number of benzene rings is 1. The Bertz CT molecular complexity index is 672. The number of carbonyl (C=O) groups excluding carboxylic acids is 1. The van der Waals surface area contributed by atoms with Crippen LogP contribution in [0, 0.1) is 0 Å². The minimum absolute atomic E-state index is 0.180. The van der Waals surface area contributed by atoms with E-state index in [9.17, 15) is 4.79 Å². The van der Waals surface area contributed by atoms with Crippen LogP contribution in [0.15, 0.2) is 48.7 Å². The number of likely N-dealkylation sites (tertiary alicyclic amines) is 1. The van der Waals surface area contributed by atoms with Gasteiger partial charge in [0.1, 0.15) is 0 Å². The van der Waals surface area contributed by atoms with Gasteiger partial charge in [-0.05, 0) is 43.2 Å². The van der Waals surface area contributed by atoms with Crippen LogP contribution in [-0.2, 0) is 6.54 Å². The normalized spacial score (nSPS) is 15.9. The van der Waals surface area contributed by atoms with Crippen LogP contribution in [0.2, 0.25) is 5.02 Å². The highest BCUT2D eigenvalue weighted by molar-refractivity contribution is 6.30. The lowest BCUT2D eigenvalue weighted by Gasteiger charge is -2.32. The van der Waals surface area contributed by atoms with Gasteiger partial charge in [0.2, 0.25) is 0 Å². The average Bonchev–Trinajstić information content (AvgIpc) is 2.57. The molecule has 3 rings (SSSR count). The van der Waals surface area contributed by atoms with Crippen molar-refractivity contribution in [2.75, 3.05) is 18.4 Å². The third-order valence-corrected chi connectivity index (χ3v) is 4.35. The zero-order valence-electron chi connectivity index (χ0n) is 13.4. The van der Waals surface area contributed by atoms with Crippen molar-refractivity contribution in [3.63, 3.8) is 0 Å². The Balaban J connectivity index is 1.42. The van der Waals surface area contributed by atoms with Crippen LogP contribution in [0.25, 0.3) is 0 Å². The smallest absolute Gasteiger partial charge is 0.319 e. The molecule has 1 aliphatic heterocycles. The predicted molar refractivity (Wildman–Crippen MR) is 96.1 cm³/mol. The first-order valence-electron chi connectivity index (χ1n) is 8.14. The summed E-state index contributed by atoms with van der Waals surface area (Å²) in [6, 6.07) is 13.1. The summed E-state index contributed by atoms with van der Waals surface area (Å²) in [7, 11) is 0. The number of hydrogen-bond donors (Lipinski definition) is 2. The second-order valence-electron chi connectivity index (χ2n) is 5.98. The fraction of sp³-hybridized carbons (Fsp3) is 0.333. The lowest BCUT2D eigenvalue weighted by Crippen LogP contribution is -2.45. The molecule has 1 fully saturated rings. The maximum atomic E-state index is 12.1. The summed E-state index contributed by atoms with van der Waals surface area (Å²) < 4.78 is 0. The minimum atomic E-state index is -0.180. The average molecular weight is 345 g/mol. The fourth-order valence-corrected chi connectivity index (χ4v) is 3.07. The van der Waals surface area contributed by atoms with Crippen molar-refractivity contribution in [1.82, 2.24) is 15.2 Å². The van der Waals surface area contributed by atoms with Gasteiger partial charge in [-0.25, -0.2) is 4.79 Å². The SMILES string of the molecule is O=C(Nc1cccc(Cl)c1)NC1CCN(Cc2ccccn2)CC1. The molecular formula is C18H21ClN4O. The standard InChI is InChI=1S/C18H21ClN4O/c19-14-4-3-6-16(12-14)22-18(24)21-15-7-10-23(11-8-15)13-17-5-1-2-9-20-17/h1-6,9,12,15H,7-8,10-11,13H2,(H2,21,22,24). The van der Waals surface area contributed by atoms with Crippen LogP contribution in [0.5, 0.6) is 0 Å². The Morgan fingerprint density at radius 2 is 2.04 bits per heavy atom. The number of halogens is 1. The molecule has 1 aromatic heterocycles. The number of hydrogen-bond acceptors (Lipinski definition) is 3. The Hall–Kier alpha value is -2.11. The van der Waals surface area contributed by atoms with Crippen LogP contribution in [0.1, 0.15) is 18.5 Å². The molecule has 6 heteroatoms. The van der Waals surface area contributed by atoms with Gasteiger partial charge < -0.3 is 10.6 Å². The molecule has 0 saturated carbocycles. The molecule has 24 heavy (non-hydrogen) atoms. The van der Waals surface area contributed by atoms with Crippen molar-refractivity contribution in [1.29, 1.82) is 0 Å². The molecule has 1 aromatic carbocycles. The topological polar surface area (TPSA) is 57.3 Å². The van der Waals surface area contributed by atoms with E-state index in [0.29, 0.717) is 10.7 Å². The summed E-state index contributed by atoms with van der Waals surface area (Å²) in [6.07, 6.45) is 3.70. The van der Waals surface area contributed by atoms with E-state index >= 15 is 0 Å². The monoisotopic (exact) mass is 344 g/mol. The number of amides is 2. The molecule has 0 unspecified atom stereocenters. The summed E-state index contributed by atoms with van der Waals surface area (Å²) >= 11 is 5.92. The van der Waals surface area contributed by atoms with Crippen molar-refractivity contribution in [3.05, 3.63) is 59.4 Å². The number of anilines is 1. The van der Waals surface area contributed by atoms with Crippen LogP contribution in [0.3, 0.4) is 0 Å². The number of carbonyl (C=O) groups is 1. The molecule has 5 nitrogen and oxygen atoms in total. The largest absolute Gasteiger partial charge is 0.335 e. The number of nitrogens with zero attached hydrogens (tertiary/aromatic N) is 2. The number of aromatic nitrogens is 1. The molecule has 0 bridgehead atoms. The van der Waals surface area contributed by atoms with E-state index in [-0.39, 0.29) is 12.1 Å². The maximum absolute atomic E-state index is 12.1. The van der Waals surface area contributed by atoms with Gasteiger partial charge in [-0.3, -0.25) is 9.88 Å². The third kappa shape index (κ3) is 4.94. The molecule has 0 atom stereocenters. The highest BCUT2D eigenvalue weighted by atomic mass is 35.5. The van der Waals surface area contributed by atoms with Gasteiger partial charge in [-0.1, -0.05) is 23.7 Å². The Kier molecular flexibility index (Phi) is 5.67. The maximum Gasteiger partial charge on any atom is 0.319 e. The predicted octanol–water partition coefficient (Wildman–Crippen LogP) is 3.52. The van der Waals surface area contributed by atoms with E-state index in [2.05, 4.69) is 20.5 Å². The molecule has 0 aliphatic carbocycles. The van der Waals surface area contributed by atoms with Gasteiger partial charge >= 0.3 is 6.03 Å². The van der Waals surface area contributed by atoms with Gasteiger partial charge in [0.25, 0.3) is 0 Å². The van der Waals surface area contributed by atoms with Gasteiger partial charge in [-0.15, -0.1) is 0 Å². The summed E-state index contributed by atoms with van der Waals surface area (Å²) in [5.41, 5.74) is 1.79. The Labute approximate surface area is 147 Å². The van der Waals surface area contributed by atoms with Crippen molar-refractivity contribution >= 4 is 23.3 Å². The lowest BCUT2D eigenvalue weighted by atomic mass is 10.1. The third-order valence-electron chi connectivity index (χ3n) is 4.12. The molecule has 2 aromatic rings. The first-order chi connectivity index (χ1) is 11.7. The van der Waals surface area contributed by atoms with E-state index < -0.39 is 0 Å². The van der Waals surface area contributed by atoms with Crippen LogP contribution < -0.4 is 10.6 Å². The van der Waals surface area contributed by atoms with Crippen LogP contribution in [-0.4, -0.2) is 35.0 Å². The highest BCUT2D eigenvalue weighted by Gasteiger charge is 2.20. The Morgan fingerprint density at radius 3 is 2.75 bits per heavy atom. The first kappa shape index (κ1) is 16.7. The molecule has 126 valence electrons. The minimum Gasteiger partial charge on any atom is -0.335 e. The van der Waals surface area contributed by atoms with Crippen LogP contribution >= 0.6 is 11.6 Å². The zero-order valence-corrected chi connectivity index (χ0v) is 14.2. The molecule has 2 heterocycles. The molecule has 2 N–H and O–H groups in total. The quantitative estimate of drug-likeness (QED) is 0.892. The van der Waals surface area contributed by atoms with E-state index in [1.54, 1.807) is 12.1 Å². The fourth-order valence-electron chi connectivity index (χ4n) is 2.87. The van der Waals surface area contributed by atoms with E-state index in [1.807, 2.05) is 36.5 Å². The number of nitrogens with one attached hydrogen (secondary N) is 2. The van der Waals surface area contributed by atoms with Crippen molar-refractivity contribution in [2.45, 2.75) is 25.4 Å². The van der Waals surface area contributed by atoms with Crippen LogP contribution in [0.4, 0.5) is 10.5 Å². The Morgan fingerprint density at radius 1 is 1.21 bits per heavy atom. The van der Waals surface area contributed by atoms with Crippen molar-refractivity contribution in [2.24, 2.45) is 0 Å². The van der Waals surface area contributed by atoms with Gasteiger partial charge in [0.05, 0.1) is 5.69 Å². The summed E-state index contributed by atoms with van der Waals surface area (Å²) in [5.74, 6) is 0.